The Morgan fingerprint density at radius 3 is 2.63 bits per heavy atom. The number of anilines is 1. The molecule has 0 saturated carbocycles. The van der Waals surface area contributed by atoms with E-state index in [4.69, 9.17) is 0 Å². The van der Waals surface area contributed by atoms with E-state index >= 15 is 0 Å². The fourth-order valence-electron chi connectivity index (χ4n) is 3.84. The number of hydrogen-bond donors (Lipinski definition) is 3. The highest BCUT2D eigenvalue weighted by atomic mass is 16.3. The van der Waals surface area contributed by atoms with E-state index in [1.165, 1.54) is 25.7 Å². The quantitative estimate of drug-likeness (QED) is 0.671. The Kier molecular flexibility index (Phi) is 7.01. The normalized spacial score (nSPS) is 19.3. The second-order valence-corrected chi connectivity index (χ2v) is 8.17. The van der Waals surface area contributed by atoms with Crippen LogP contribution in [0.1, 0.15) is 61.4 Å². The Bertz CT molecular complexity index is 642. The molecule has 3 heterocycles. The van der Waals surface area contributed by atoms with Gasteiger partial charge in [0.25, 0.3) is 5.91 Å². The van der Waals surface area contributed by atoms with E-state index in [0.717, 1.165) is 25.1 Å². The molecule has 0 radical (unpaired) electrons. The molecule has 0 aromatic carbocycles. The van der Waals surface area contributed by atoms with Crippen LogP contribution in [-0.4, -0.2) is 64.7 Å². The maximum atomic E-state index is 12.2. The largest absolute Gasteiger partial charge is 0.390 e. The zero-order valence-corrected chi connectivity index (χ0v) is 16.6. The smallest absolute Gasteiger partial charge is 0.270 e. The second kappa shape index (κ2) is 9.46. The molecule has 1 saturated heterocycles. The highest BCUT2D eigenvalue weighted by Gasteiger charge is 2.24. The van der Waals surface area contributed by atoms with Crippen LogP contribution in [0.4, 0.5) is 5.82 Å². The molecule has 0 bridgehead atoms. The lowest BCUT2D eigenvalue weighted by molar-refractivity contribution is 0.0940. The van der Waals surface area contributed by atoms with Crippen LogP contribution in [0.25, 0.3) is 0 Å². The fraction of sp³-hybridized carbons (Fsp3) is 0.750. The fourth-order valence-corrected chi connectivity index (χ4v) is 3.84. The van der Waals surface area contributed by atoms with Crippen LogP contribution in [0, 0.1) is 5.92 Å². The number of carbonyl (C=O) groups excluding carboxylic acids is 1. The number of hydrogen-bond acceptors (Lipinski definition) is 6. The number of nitrogens with zero attached hydrogens (tertiary/aromatic N) is 3. The first-order valence-electron chi connectivity index (χ1n) is 10.3. The highest BCUT2D eigenvalue weighted by molar-refractivity contribution is 5.96. The first-order valence-corrected chi connectivity index (χ1v) is 10.3. The van der Waals surface area contributed by atoms with Gasteiger partial charge in [-0.2, -0.15) is 0 Å². The Balaban J connectivity index is 1.67. The minimum absolute atomic E-state index is 0.128. The summed E-state index contributed by atoms with van der Waals surface area (Å²) in [5, 5.41) is 16.7. The predicted octanol–water partition coefficient (Wildman–Crippen LogP) is 1.61. The van der Waals surface area contributed by atoms with Gasteiger partial charge in [-0.25, -0.2) is 9.97 Å². The minimum atomic E-state index is -0.459. The molecule has 1 aromatic heterocycles. The van der Waals surface area contributed by atoms with Crippen molar-refractivity contribution in [3.8, 4) is 0 Å². The van der Waals surface area contributed by atoms with Crippen LogP contribution in [0.5, 0.6) is 0 Å². The van der Waals surface area contributed by atoms with E-state index in [1.54, 1.807) is 0 Å². The maximum Gasteiger partial charge on any atom is 0.270 e. The Labute approximate surface area is 162 Å². The summed E-state index contributed by atoms with van der Waals surface area (Å²) in [7, 11) is 0. The molecule has 27 heavy (non-hydrogen) atoms. The third kappa shape index (κ3) is 5.62. The average molecular weight is 376 g/mol. The Morgan fingerprint density at radius 2 is 1.93 bits per heavy atom. The van der Waals surface area contributed by atoms with Gasteiger partial charge in [-0.15, -0.1) is 0 Å². The standard InChI is InChI=1S/C20H33N5O2/c1-14(2)11-17-23-18-16(7-8-21-20(18)27)19(24-17)22-12-15(26)13-25-9-5-3-4-6-10-25/h14-15,26H,3-13H2,1-2H3,(H,21,27)(H,22,23,24). The van der Waals surface area contributed by atoms with E-state index in [-0.39, 0.29) is 5.91 Å². The summed E-state index contributed by atoms with van der Waals surface area (Å²) in [6.45, 7) is 8.07. The molecule has 2 aliphatic heterocycles. The molecule has 7 nitrogen and oxygen atoms in total. The third-order valence-corrected chi connectivity index (χ3v) is 5.19. The second-order valence-electron chi connectivity index (χ2n) is 8.17. The predicted molar refractivity (Wildman–Crippen MR) is 106 cm³/mol. The zero-order valence-electron chi connectivity index (χ0n) is 16.6. The van der Waals surface area contributed by atoms with Gasteiger partial charge in [0.15, 0.2) is 0 Å². The van der Waals surface area contributed by atoms with Crippen molar-refractivity contribution < 1.29 is 9.90 Å². The molecule has 1 amide bonds. The maximum absolute atomic E-state index is 12.2. The van der Waals surface area contributed by atoms with Crippen molar-refractivity contribution in [2.45, 2.75) is 58.5 Å². The topological polar surface area (TPSA) is 90.4 Å². The average Bonchev–Trinajstić information content (AvgIpc) is 2.88. The first kappa shape index (κ1) is 20.0. The van der Waals surface area contributed by atoms with E-state index in [2.05, 4.69) is 39.3 Å². The van der Waals surface area contributed by atoms with Crippen LogP contribution in [-0.2, 0) is 12.8 Å². The number of carbonyl (C=O) groups is 1. The molecule has 7 heteroatoms. The third-order valence-electron chi connectivity index (χ3n) is 5.19. The zero-order chi connectivity index (χ0) is 19.2. The number of rotatable bonds is 7. The van der Waals surface area contributed by atoms with E-state index in [1.807, 2.05) is 0 Å². The molecule has 0 spiro atoms. The molecule has 1 unspecified atom stereocenters. The van der Waals surface area contributed by atoms with Gasteiger partial charge in [0.2, 0.25) is 0 Å². The van der Waals surface area contributed by atoms with E-state index < -0.39 is 6.10 Å². The van der Waals surface area contributed by atoms with Gasteiger partial charge in [-0.3, -0.25) is 4.79 Å². The van der Waals surface area contributed by atoms with Crippen molar-refractivity contribution in [3.05, 3.63) is 17.1 Å². The molecule has 3 N–H and O–H groups in total. The van der Waals surface area contributed by atoms with Crippen LogP contribution >= 0.6 is 0 Å². The molecular formula is C20H33N5O2. The van der Waals surface area contributed by atoms with Gasteiger partial charge in [-0.05, 0) is 38.3 Å². The number of likely N-dealkylation sites (tertiary alicyclic amines) is 1. The SMILES string of the molecule is CC(C)Cc1nc(NCC(O)CN2CCCCCC2)c2c(n1)C(=O)NCC2. The van der Waals surface area contributed by atoms with Crippen molar-refractivity contribution in [2.75, 3.05) is 38.0 Å². The van der Waals surface area contributed by atoms with Crippen molar-refractivity contribution in [3.63, 3.8) is 0 Å². The lowest BCUT2D eigenvalue weighted by Crippen LogP contribution is -2.38. The monoisotopic (exact) mass is 375 g/mol. The summed E-state index contributed by atoms with van der Waals surface area (Å²) in [6, 6.07) is 0. The number of aromatic nitrogens is 2. The lowest BCUT2D eigenvalue weighted by Gasteiger charge is -2.25. The summed E-state index contributed by atoms with van der Waals surface area (Å²) in [5.74, 6) is 1.68. The molecule has 1 fully saturated rings. The van der Waals surface area contributed by atoms with Crippen molar-refractivity contribution >= 4 is 11.7 Å². The number of fused-ring (bicyclic) bond motifs is 1. The number of nitrogens with one attached hydrogen (secondary N) is 2. The van der Waals surface area contributed by atoms with Crippen LogP contribution in [0.3, 0.4) is 0 Å². The van der Waals surface area contributed by atoms with Crippen LogP contribution < -0.4 is 10.6 Å². The van der Waals surface area contributed by atoms with Gasteiger partial charge in [0.05, 0.1) is 6.10 Å². The molecular weight excluding hydrogens is 342 g/mol. The van der Waals surface area contributed by atoms with Gasteiger partial charge in [0.1, 0.15) is 17.3 Å². The molecule has 1 aromatic rings. The first-order chi connectivity index (χ1) is 13.0. The molecule has 0 aliphatic carbocycles. The summed E-state index contributed by atoms with van der Waals surface area (Å²) in [6.07, 6.45) is 6.00. The number of β-amino-alcohol motifs (C(OH)–C–C–N with tert-alkyl or cyclic N) is 1. The number of aliphatic hydroxyl groups is 1. The molecule has 1 atom stereocenters. The van der Waals surface area contributed by atoms with Gasteiger partial charge in [0, 0.05) is 31.6 Å². The van der Waals surface area contributed by atoms with Gasteiger partial charge < -0.3 is 20.6 Å². The van der Waals surface area contributed by atoms with Gasteiger partial charge in [-0.1, -0.05) is 26.7 Å². The molecule has 2 aliphatic rings. The van der Waals surface area contributed by atoms with Crippen molar-refractivity contribution in [2.24, 2.45) is 5.92 Å². The van der Waals surface area contributed by atoms with Crippen LogP contribution in [0.15, 0.2) is 0 Å². The molecule has 150 valence electrons. The number of amides is 1. The Morgan fingerprint density at radius 1 is 1.19 bits per heavy atom. The number of aliphatic hydroxyl groups excluding tert-OH is 1. The van der Waals surface area contributed by atoms with Crippen molar-refractivity contribution in [1.82, 2.24) is 20.2 Å². The van der Waals surface area contributed by atoms with E-state index in [9.17, 15) is 9.90 Å². The highest BCUT2D eigenvalue weighted by Crippen LogP contribution is 2.21. The van der Waals surface area contributed by atoms with Crippen molar-refractivity contribution in [1.29, 1.82) is 0 Å². The van der Waals surface area contributed by atoms with Crippen LogP contribution in [0.2, 0.25) is 0 Å². The summed E-state index contributed by atoms with van der Waals surface area (Å²) in [4.78, 5) is 23.7. The summed E-state index contributed by atoms with van der Waals surface area (Å²) >= 11 is 0. The van der Waals surface area contributed by atoms with Gasteiger partial charge >= 0.3 is 0 Å². The minimum Gasteiger partial charge on any atom is -0.390 e. The van der Waals surface area contributed by atoms with E-state index in [0.29, 0.717) is 49.3 Å². The summed E-state index contributed by atoms with van der Waals surface area (Å²) < 4.78 is 0. The summed E-state index contributed by atoms with van der Waals surface area (Å²) in [5.41, 5.74) is 1.35. The lowest BCUT2D eigenvalue weighted by atomic mass is 10.0. The molecule has 3 rings (SSSR count). The Hall–Kier alpha value is -1.73.